The number of alkyl halides is 3. The normalized spacial score (nSPS) is 12.1. The van der Waals surface area contributed by atoms with E-state index in [0.717, 1.165) is 17.5 Å². The van der Waals surface area contributed by atoms with Crippen molar-refractivity contribution in [1.29, 1.82) is 0 Å². The Hall–Kier alpha value is -3.60. The van der Waals surface area contributed by atoms with Gasteiger partial charge in [-0.05, 0) is 24.3 Å². The monoisotopic (exact) mass is 429 g/mol. The Balaban J connectivity index is 1.48. The fourth-order valence-corrected chi connectivity index (χ4v) is 4.08. The highest BCUT2D eigenvalue weighted by Crippen LogP contribution is 2.31. The van der Waals surface area contributed by atoms with E-state index in [9.17, 15) is 18.0 Å². The van der Waals surface area contributed by atoms with E-state index in [1.54, 1.807) is 12.3 Å². The summed E-state index contributed by atoms with van der Waals surface area (Å²) in [5.41, 5.74) is -0.367. The molecule has 0 radical (unpaired) electrons. The van der Waals surface area contributed by atoms with Gasteiger partial charge < -0.3 is 4.52 Å². The van der Waals surface area contributed by atoms with Crippen molar-refractivity contribution in [2.24, 2.45) is 0 Å². The molecule has 0 aliphatic rings. The second-order valence-corrected chi connectivity index (χ2v) is 7.40. The smallest absolute Gasteiger partial charge is 0.337 e. The number of pyridine rings is 1. The van der Waals surface area contributed by atoms with Gasteiger partial charge in [0.05, 0.1) is 17.4 Å². The third kappa shape index (κ3) is 3.12. The maximum Gasteiger partial charge on any atom is 0.416 e. The molecule has 0 atom stereocenters. The summed E-state index contributed by atoms with van der Waals surface area (Å²) in [4.78, 5) is 26.2. The van der Waals surface area contributed by atoms with Crippen molar-refractivity contribution in [2.75, 3.05) is 0 Å². The summed E-state index contributed by atoms with van der Waals surface area (Å²) < 4.78 is 45.6. The number of hydrogen-bond acceptors (Lipinski definition) is 7. The van der Waals surface area contributed by atoms with Crippen molar-refractivity contribution >= 4 is 31.8 Å². The van der Waals surface area contributed by atoms with E-state index < -0.39 is 11.7 Å². The number of fused-ring (bicyclic) bond motifs is 3. The lowest BCUT2D eigenvalue weighted by atomic mass is 10.1. The largest absolute Gasteiger partial charge is 0.416 e. The first-order valence-corrected chi connectivity index (χ1v) is 9.45. The Labute approximate surface area is 169 Å². The zero-order chi connectivity index (χ0) is 20.9. The van der Waals surface area contributed by atoms with Gasteiger partial charge in [-0.2, -0.15) is 18.2 Å². The molecular formula is C19H10F3N5O2S. The number of nitrogens with zero attached hydrogens (tertiary/aromatic N) is 5. The van der Waals surface area contributed by atoms with Gasteiger partial charge in [-0.15, -0.1) is 11.3 Å². The van der Waals surface area contributed by atoms with Gasteiger partial charge in [0.15, 0.2) is 0 Å². The summed E-state index contributed by atoms with van der Waals surface area (Å²) in [6.45, 7) is -0.0601. The standard InChI is InChI=1S/C19H10F3N5O2S/c20-19(21,22)11-4-1-3-10(7-11)16-25-13(29-26-16)8-27-9-24-14-12-5-2-6-23-17(12)30-15(14)18(27)28/h1-7,9H,8H2. The number of rotatable bonds is 3. The van der Waals surface area contributed by atoms with Gasteiger partial charge >= 0.3 is 6.18 Å². The quantitative estimate of drug-likeness (QED) is 0.429. The van der Waals surface area contributed by atoms with Crippen molar-refractivity contribution in [3.05, 3.63) is 70.7 Å². The Kier molecular flexibility index (Phi) is 4.13. The number of hydrogen-bond donors (Lipinski definition) is 0. The summed E-state index contributed by atoms with van der Waals surface area (Å²) >= 11 is 1.24. The van der Waals surface area contributed by atoms with E-state index in [4.69, 9.17) is 4.52 Å². The van der Waals surface area contributed by atoms with Crippen LogP contribution in [0.4, 0.5) is 13.2 Å². The number of halogens is 3. The fraction of sp³-hybridized carbons (Fsp3) is 0.105. The van der Waals surface area contributed by atoms with Crippen molar-refractivity contribution in [1.82, 2.24) is 24.7 Å². The van der Waals surface area contributed by atoms with Crippen molar-refractivity contribution in [3.8, 4) is 11.4 Å². The van der Waals surface area contributed by atoms with E-state index in [-0.39, 0.29) is 29.4 Å². The molecule has 0 spiro atoms. The summed E-state index contributed by atoms with van der Waals surface area (Å²) in [5.74, 6) is 0.0779. The predicted molar refractivity (Wildman–Crippen MR) is 103 cm³/mol. The average molecular weight is 429 g/mol. The summed E-state index contributed by atoms with van der Waals surface area (Å²) in [6.07, 6.45) is -1.46. The Morgan fingerprint density at radius 1 is 1.13 bits per heavy atom. The third-order valence-corrected chi connectivity index (χ3v) is 5.53. The summed E-state index contributed by atoms with van der Waals surface area (Å²) in [5, 5.41) is 4.53. The van der Waals surface area contributed by atoms with Crippen LogP contribution in [-0.4, -0.2) is 24.7 Å². The van der Waals surface area contributed by atoms with Gasteiger partial charge in [0, 0.05) is 17.1 Å². The minimum atomic E-state index is -4.48. The molecule has 0 saturated heterocycles. The Bertz CT molecular complexity index is 1450. The molecule has 5 rings (SSSR count). The second-order valence-electron chi connectivity index (χ2n) is 6.40. The first-order chi connectivity index (χ1) is 14.4. The predicted octanol–water partition coefficient (Wildman–Crippen LogP) is 4.12. The third-order valence-electron chi connectivity index (χ3n) is 4.44. The van der Waals surface area contributed by atoms with Crippen molar-refractivity contribution < 1.29 is 17.7 Å². The molecule has 4 aromatic heterocycles. The van der Waals surface area contributed by atoms with E-state index in [0.29, 0.717) is 15.0 Å². The molecule has 150 valence electrons. The van der Waals surface area contributed by atoms with Gasteiger partial charge in [-0.1, -0.05) is 17.3 Å². The van der Waals surface area contributed by atoms with E-state index >= 15 is 0 Å². The lowest BCUT2D eigenvalue weighted by molar-refractivity contribution is -0.137. The maximum absolute atomic E-state index is 12.9. The van der Waals surface area contributed by atoms with Gasteiger partial charge in [-0.3, -0.25) is 9.36 Å². The molecule has 11 heteroatoms. The average Bonchev–Trinajstić information content (AvgIpc) is 3.35. The molecule has 0 aliphatic heterocycles. The molecule has 1 aromatic carbocycles. The lowest BCUT2D eigenvalue weighted by Crippen LogP contribution is -2.20. The molecule has 0 N–H and O–H groups in total. The molecule has 4 heterocycles. The molecule has 0 saturated carbocycles. The number of thiophene rings is 1. The van der Waals surface area contributed by atoms with E-state index in [1.807, 2.05) is 6.07 Å². The molecule has 7 nitrogen and oxygen atoms in total. The lowest BCUT2D eigenvalue weighted by Gasteiger charge is -2.06. The first kappa shape index (κ1) is 18.4. The van der Waals surface area contributed by atoms with Crippen LogP contribution in [0.3, 0.4) is 0 Å². The van der Waals surface area contributed by atoms with Crippen molar-refractivity contribution in [3.63, 3.8) is 0 Å². The zero-order valence-electron chi connectivity index (χ0n) is 14.9. The molecule has 30 heavy (non-hydrogen) atoms. The Morgan fingerprint density at radius 2 is 2.00 bits per heavy atom. The van der Waals surface area contributed by atoms with Crippen LogP contribution in [0.25, 0.3) is 31.8 Å². The number of benzene rings is 1. The van der Waals surface area contributed by atoms with Crippen molar-refractivity contribution in [2.45, 2.75) is 12.7 Å². The van der Waals surface area contributed by atoms with Crippen LogP contribution in [-0.2, 0) is 12.7 Å². The van der Waals surface area contributed by atoms with Gasteiger partial charge in [0.1, 0.15) is 16.1 Å². The van der Waals surface area contributed by atoms with E-state index in [1.165, 1.54) is 34.4 Å². The minimum Gasteiger partial charge on any atom is -0.337 e. The van der Waals surface area contributed by atoms with Crippen LogP contribution in [0, 0.1) is 0 Å². The highest BCUT2D eigenvalue weighted by Gasteiger charge is 2.30. The molecule has 0 bridgehead atoms. The van der Waals surface area contributed by atoms with Gasteiger partial charge in [-0.25, -0.2) is 9.97 Å². The summed E-state index contributed by atoms with van der Waals surface area (Å²) in [7, 11) is 0. The fourth-order valence-electron chi connectivity index (χ4n) is 3.03. The summed E-state index contributed by atoms with van der Waals surface area (Å²) in [6, 6.07) is 8.25. The van der Waals surface area contributed by atoms with Crippen LogP contribution < -0.4 is 5.56 Å². The SMILES string of the molecule is O=c1c2sc3ncccc3c2ncn1Cc1nc(-c2cccc(C(F)(F)F)c2)no1. The van der Waals surface area contributed by atoms with Crippen LogP contribution in [0.15, 0.2) is 58.2 Å². The van der Waals surface area contributed by atoms with Gasteiger partial charge in [0.2, 0.25) is 11.7 Å². The number of aromatic nitrogens is 5. The highest BCUT2D eigenvalue weighted by atomic mass is 32.1. The maximum atomic E-state index is 12.9. The van der Waals surface area contributed by atoms with E-state index in [2.05, 4.69) is 20.1 Å². The molecular weight excluding hydrogens is 419 g/mol. The van der Waals surface area contributed by atoms with Crippen LogP contribution in [0.1, 0.15) is 11.5 Å². The molecule has 0 aliphatic carbocycles. The Morgan fingerprint density at radius 3 is 2.83 bits per heavy atom. The zero-order valence-corrected chi connectivity index (χ0v) is 15.7. The minimum absolute atomic E-state index is 0.00393. The molecule has 5 aromatic rings. The highest BCUT2D eigenvalue weighted by molar-refractivity contribution is 7.25. The van der Waals surface area contributed by atoms with Gasteiger partial charge in [0.25, 0.3) is 5.56 Å². The molecule has 0 unspecified atom stereocenters. The van der Waals surface area contributed by atoms with Crippen LogP contribution in [0.2, 0.25) is 0 Å². The molecule has 0 amide bonds. The van der Waals surface area contributed by atoms with Crippen LogP contribution in [0.5, 0.6) is 0 Å². The second kappa shape index (κ2) is 6.73. The molecule has 0 fully saturated rings. The topological polar surface area (TPSA) is 86.7 Å². The first-order valence-electron chi connectivity index (χ1n) is 8.63. The van der Waals surface area contributed by atoms with Crippen LogP contribution >= 0.6 is 11.3 Å².